The van der Waals surface area contributed by atoms with Crippen molar-refractivity contribution < 1.29 is 4.74 Å². The molecule has 90 valence electrons. The summed E-state index contributed by atoms with van der Waals surface area (Å²) in [4.78, 5) is 0. The van der Waals surface area contributed by atoms with Crippen molar-refractivity contribution in [3.8, 4) is 5.75 Å². The van der Waals surface area contributed by atoms with Crippen LogP contribution in [0.5, 0.6) is 5.75 Å². The molecule has 2 nitrogen and oxygen atoms in total. The fourth-order valence-electron chi connectivity index (χ4n) is 1.72. The molecule has 0 aliphatic rings. The predicted molar refractivity (Wildman–Crippen MR) is 69.2 cm³/mol. The summed E-state index contributed by atoms with van der Waals surface area (Å²) in [5.74, 6) is 0.874. The minimum Gasteiger partial charge on any atom is -0.490 e. The largest absolute Gasteiger partial charge is 0.490 e. The van der Waals surface area contributed by atoms with Gasteiger partial charge in [0.1, 0.15) is 5.75 Å². The first-order valence-electron chi connectivity index (χ1n) is 5.83. The van der Waals surface area contributed by atoms with E-state index in [0.29, 0.717) is 6.54 Å². The Hall–Kier alpha value is -0.730. The summed E-state index contributed by atoms with van der Waals surface area (Å²) in [5.41, 5.74) is 6.60. The Balaban J connectivity index is 2.81. The molecule has 2 N–H and O–H groups in total. The lowest BCUT2D eigenvalue weighted by molar-refractivity contribution is 0.208. The normalized spacial score (nSPS) is 12.5. The fraction of sp³-hybridized carbons (Fsp3) is 0.538. The van der Waals surface area contributed by atoms with Crippen LogP contribution in [0.25, 0.3) is 0 Å². The Kier molecular flexibility index (Phi) is 5.64. The molecule has 16 heavy (non-hydrogen) atoms. The van der Waals surface area contributed by atoms with Crippen LogP contribution in [0.4, 0.5) is 0 Å². The van der Waals surface area contributed by atoms with Crippen molar-refractivity contribution in [1.82, 2.24) is 0 Å². The molecule has 0 amide bonds. The Labute approximate surface area is 103 Å². The van der Waals surface area contributed by atoms with Crippen LogP contribution < -0.4 is 10.5 Å². The monoisotopic (exact) mass is 241 g/mol. The van der Waals surface area contributed by atoms with Crippen LogP contribution in [0.3, 0.4) is 0 Å². The molecule has 0 bridgehead atoms. The van der Waals surface area contributed by atoms with Crippen LogP contribution in [0.2, 0.25) is 5.02 Å². The summed E-state index contributed by atoms with van der Waals surface area (Å²) in [6.45, 7) is 4.82. The smallest absolute Gasteiger partial charge is 0.124 e. The molecule has 0 spiro atoms. The van der Waals surface area contributed by atoms with Gasteiger partial charge in [0, 0.05) is 10.6 Å². The first kappa shape index (κ1) is 13.3. The van der Waals surface area contributed by atoms with Crippen molar-refractivity contribution in [2.75, 3.05) is 6.54 Å². The van der Waals surface area contributed by atoms with Gasteiger partial charge in [0.15, 0.2) is 0 Å². The molecule has 0 radical (unpaired) electrons. The van der Waals surface area contributed by atoms with E-state index in [1.54, 1.807) is 0 Å². The van der Waals surface area contributed by atoms with Gasteiger partial charge in [0.2, 0.25) is 0 Å². The zero-order valence-electron chi connectivity index (χ0n) is 10.0. The average Bonchev–Trinajstić information content (AvgIpc) is 2.23. The topological polar surface area (TPSA) is 35.2 Å². The Bertz CT molecular complexity index is 328. The van der Waals surface area contributed by atoms with Gasteiger partial charge in [-0.05, 0) is 38.4 Å². The zero-order valence-corrected chi connectivity index (χ0v) is 10.8. The van der Waals surface area contributed by atoms with Gasteiger partial charge >= 0.3 is 0 Å². The molecule has 0 aromatic heterocycles. The molecule has 0 aliphatic heterocycles. The Morgan fingerprint density at radius 2 is 2.19 bits per heavy atom. The lowest BCUT2D eigenvalue weighted by Crippen LogP contribution is -2.13. The highest BCUT2D eigenvalue weighted by Crippen LogP contribution is 2.27. The van der Waals surface area contributed by atoms with Crippen LogP contribution >= 0.6 is 11.6 Å². The summed E-state index contributed by atoms with van der Waals surface area (Å²) in [5, 5.41) is 0.742. The van der Waals surface area contributed by atoms with Crippen molar-refractivity contribution in [3.05, 3.63) is 28.8 Å². The van der Waals surface area contributed by atoms with E-state index in [9.17, 15) is 0 Å². The van der Waals surface area contributed by atoms with E-state index >= 15 is 0 Å². The standard InChI is InChI=1S/C13H20ClNO/c1-3-5-10(2)16-13-7-4-6-12(14)11(13)8-9-15/h4,6-7,10H,3,5,8-9,15H2,1-2H3. The van der Waals surface area contributed by atoms with Gasteiger partial charge in [-0.1, -0.05) is 31.0 Å². The van der Waals surface area contributed by atoms with Gasteiger partial charge in [-0.15, -0.1) is 0 Å². The lowest BCUT2D eigenvalue weighted by atomic mass is 10.1. The first-order chi connectivity index (χ1) is 7.69. The highest BCUT2D eigenvalue weighted by Gasteiger charge is 2.10. The minimum absolute atomic E-state index is 0.222. The molecule has 1 aromatic carbocycles. The van der Waals surface area contributed by atoms with Crippen molar-refractivity contribution in [3.63, 3.8) is 0 Å². The molecule has 1 rings (SSSR count). The molecule has 0 fully saturated rings. The second-order valence-electron chi connectivity index (χ2n) is 3.97. The highest BCUT2D eigenvalue weighted by atomic mass is 35.5. The molecular formula is C13H20ClNO. The first-order valence-corrected chi connectivity index (χ1v) is 6.21. The van der Waals surface area contributed by atoms with Crippen molar-refractivity contribution in [2.24, 2.45) is 5.73 Å². The molecular weight excluding hydrogens is 222 g/mol. The number of benzene rings is 1. The van der Waals surface area contributed by atoms with Crippen molar-refractivity contribution in [2.45, 2.75) is 39.2 Å². The summed E-state index contributed by atoms with van der Waals surface area (Å²) in [6, 6.07) is 5.75. The van der Waals surface area contributed by atoms with Crippen LogP contribution in [0.15, 0.2) is 18.2 Å². The third-order valence-corrected chi connectivity index (χ3v) is 2.85. The molecule has 0 saturated heterocycles. The number of ether oxygens (including phenoxy) is 1. The van der Waals surface area contributed by atoms with Crippen LogP contribution in [-0.2, 0) is 6.42 Å². The van der Waals surface area contributed by atoms with Crippen LogP contribution in [0, 0.1) is 0 Å². The second-order valence-corrected chi connectivity index (χ2v) is 4.38. The van der Waals surface area contributed by atoms with Crippen molar-refractivity contribution >= 4 is 11.6 Å². The predicted octanol–water partition coefficient (Wildman–Crippen LogP) is 3.41. The molecule has 0 aliphatic carbocycles. The summed E-state index contributed by atoms with van der Waals surface area (Å²) in [7, 11) is 0. The van der Waals surface area contributed by atoms with Gasteiger partial charge in [0.25, 0.3) is 0 Å². The minimum atomic E-state index is 0.222. The van der Waals surface area contributed by atoms with Gasteiger partial charge in [-0.2, -0.15) is 0 Å². The number of hydrogen-bond donors (Lipinski definition) is 1. The SMILES string of the molecule is CCCC(C)Oc1cccc(Cl)c1CCN. The molecule has 1 aromatic rings. The van der Waals surface area contributed by atoms with E-state index in [-0.39, 0.29) is 6.10 Å². The number of hydrogen-bond acceptors (Lipinski definition) is 2. The zero-order chi connectivity index (χ0) is 12.0. The quantitative estimate of drug-likeness (QED) is 0.829. The summed E-state index contributed by atoms with van der Waals surface area (Å²) >= 11 is 6.13. The highest BCUT2D eigenvalue weighted by molar-refractivity contribution is 6.31. The van der Waals surface area contributed by atoms with Crippen molar-refractivity contribution in [1.29, 1.82) is 0 Å². The van der Waals surface area contributed by atoms with E-state index in [1.165, 1.54) is 0 Å². The molecule has 1 unspecified atom stereocenters. The molecule has 0 heterocycles. The fourth-order valence-corrected chi connectivity index (χ4v) is 1.98. The van der Waals surface area contributed by atoms with Gasteiger partial charge in [-0.25, -0.2) is 0 Å². The molecule has 3 heteroatoms. The van der Waals surface area contributed by atoms with E-state index in [1.807, 2.05) is 18.2 Å². The van der Waals surface area contributed by atoms with E-state index in [4.69, 9.17) is 22.1 Å². The summed E-state index contributed by atoms with van der Waals surface area (Å²) in [6.07, 6.45) is 3.15. The second kappa shape index (κ2) is 6.77. The third kappa shape index (κ3) is 3.69. The number of nitrogens with two attached hydrogens (primary N) is 1. The number of rotatable bonds is 6. The maximum atomic E-state index is 6.13. The summed E-state index contributed by atoms with van der Waals surface area (Å²) < 4.78 is 5.88. The third-order valence-electron chi connectivity index (χ3n) is 2.49. The van der Waals surface area contributed by atoms with Gasteiger partial charge in [0.05, 0.1) is 6.10 Å². The Morgan fingerprint density at radius 3 is 2.81 bits per heavy atom. The van der Waals surface area contributed by atoms with E-state index < -0.39 is 0 Å². The van der Waals surface area contributed by atoms with Crippen LogP contribution in [-0.4, -0.2) is 12.6 Å². The maximum Gasteiger partial charge on any atom is 0.124 e. The maximum absolute atomic E-state index is 6.13. The molecule has 1 atom stereocenters. The van der Waals surface area contributed by atoms with Gasteiger partial charge in [-0.3, -0.25) is 0 Å². The lowest BCUT2D eigenvalue weighted by Gasteiger charge is -2.17. The number of halogens is 1. The van der Waals surface area contributed by atoms with Gasteiger partial charge < -0.3 is 10.5 Å². The molecule has 0 saturated carbocycles. The van der Waals surface area contributed by atoms with E-state index in [2.05, 4.69) is 13.8 Å². The van der Waals surface area contributed by atoms with E-state index in [0.717, 1.165) is 35.6 Å². The van der Waals surface area contributed by atoms with Crippen LogP contribution in [0.1, 0.15) is 32.3 Å². The Morgan fingerprint density at radius 1 is 1.44 bits per heavy atom. The average molecular weight is 242 g/mol.